The summed E-state index contributed by atoms with van der Waals surface area (Å²) in [4.78, 5) is 12.1. The molecule has 0 saturated heterocycles. The molecule has 0 amide bonds. The lowest BCUT2D eigenvalue weighted by Crippen LogP contribution is -2.19. The predicted molar refractivity (Wildman–Crippen MR) is 89.7 cm³/mol. The molecule has 2 aromatic rings. The molecule has 0 bridgehead atoms. The first-order valence-electron chi connectivity index (χ1n) is 7.30. The fourth-order valence-corrected chi connectivity index (χ4v) is 2.82. The summed E-state index contributed by atoms with van der Waals surface area (Å²) in [6.07, 6.45) is 0.560. The van der Waals surface area contributed by atoms with Gasteiger partial charge in [-0.2, -0.15) is 0 Å². The highest BCUT2D eigenvalue weighted by atomic mass is 32.2. The van der Waals surface area contributed by atoms with Crippen LogP contribution in [-0.4, -0.2) is 35.2 Å². The molecular formula is C17H19NO5S. The number of benzene rings is 2. The van der Waals surface area contributed by atoms with Gasteiger partial charge in [0.1, 0.15) is 5.75 Å². The largest absolute Gasteiger partial charge is 0.497 e. The monoisotopic (exact) mass is 349 g/mol. The van der Waals surface area contributed by atoms with Crippen molar-refractivity contribution in [1.29, 1.82) is 0 Å². The van der Waals surface area contributed by atoms with Crippen LogP contribution in [-0.2, 0) is 21.2 Å². The molecule has 0 fully saturated rings. The van der Waals surface area contributed by atoms with Crippen molar-refractivity contribution in [3.63, 3.8) is 0 Å². The van der Waals surface area contributed by atoms with Gasteiger partial charge in [0.25, 0.3) is 0 Å². The standard InChI is InChI=1S/C17H19NO5S/c1-18-24(20,21)16-5-3-4-14(12-16)17(19)23-11-10-13-6-8-15(22-2)9-7-13/h3-9,12,18H,10-11H2,1-2H3. The van der Waals surface area contributed by atoms with Gasteiger partial charge >= 0.3 is 5.97 Å². The molecule has 0 atom stereocenters. The Bertz CT molecular complexity index is 800. The van der Waals surface area contributed by atoms with Crippen LogP contribution in [0.25, 0.3) is 0 Å². The van der Waals surface area contributed by atoms with Crippen LogP contribution in [0.3, 0.4) is 0 Å². The molecule has 128 valence electrons. The molecule has 2 rings (SSSR count). The molecule has 0 heterocycles. The maximum atomic E-state index is 12.0. The zero-order chi connectivity index (χ0) is 17.6. The van der Waals surface area contributed by atoms with E-state index < -0.39 is 16.0 Å². The Hall–Kier alpha value is -2.38. The highest BCUT2D eigenvalue weighted by Crippen LogP contribution is 2.14. The van der Waals surface area contributed by atoms with E-state index in [1.807, 2.05) is 24.3 Å². The van der Waals surface area contributed by atoms with Crippen molar-refractivity contribution in [2.75, 3.05) is 20.8 Å². The number of hydrogen-bond acceptors (Lipinski definition) is 5. The van der Waals surface area contributed by atoms with E-state index in [9.17, 15) is 13.2 Å². The molecule has 6 nitrogen and oxygen atoms in total. The van der Waals surface area contributed by atoms with Gasteiger partial charge in [0.05, 0.1) is 24.2 Å². The fraction of sp³-hybridized carbons (Fsp3) is 0.235. The maximum absolute atomic E-state index is 12.0. The summed E-state index contributed by atoms with van der Waals surface area (Å²) in [5, 5.41) is 0. The van der Waals surface area contributed by atoms with Crippen molar-refractivity contribution < 1.29 is 22.7 Å². The maximum Gasteiger partial charge on any atom is 0.338 e. The highest BCUT2D eigenvalue weighted by molar-refractivity contribution is 7.89. The third kappa shape index (κ3) is 4.56. The average Bonchev–Trinajstić information content (AvgIpc) is 2.62. The number of esters is 1. The fourth-order valence-electron chi connectivity index (χ4n) is 2.05. The zero-order valence-electron chi connectivity index (χ0n) is 13.5. The highest BCUT2D eigenvalue weighted by Gasteiger charge is 2.15. The summed E-state index contributed by atoms with van der Waals surface area (Å²) in [5.74, 6) is 0.204. The van der Waals surface area contributed by atoms with E-state index in [1.165, 1.54) is 31.3 Å². The van der Waals surface area contributed by atoms with E-state index in [1.54, 1.807) is 7.11 Å². The van der Waals surface area contributed by atoms with Crippen LogP contribution in [0.4, 0.5) is 0 Å². The van der Waals surface area contributed by atoms with Gasteiger partial charge in [0.15, 0.2) is 0 Å². The Morgan fingerprint density at radius 2 is 1.83 bits per heavy atom. The van der Waals surface area contributed by atoms with Crippen LogP contribution in [0, 0.1) is 0 Å². The summed E-state index contributed by atoms with van der Waals surface area (Å²) in [6, 6.07) is 13.2. The van der Waals surface area contributed by atoms with Crippen molar-refractivity contribution >= 4 is 16.0 Å². The molecule has 7 heteroatoms. The van der Waals surface area contributed by atoms with E-state index in [4.69, 9.17) is 9.47 Å². The number of hydrogen-bond donors (Lipinski definition) is 1. The summed E-state index contributed by atoms with van der Waals surface area (Å²) < 4.78 is 36.0. The number of rotatable bonds is 7. The Morgan fingerprint density at radius 3 is 2.46 bits per heavy atom. The number of carbonyl (C=O) groups excluding carboxylic acids is 1. The van der Waals surface area contributed by atoms with Gasteiger partial charge in [-0.25, -0.2) is 17.9 Å². The predicted octanol–water partition coefficient (Wildman–Crippen LogP) is 2.00. The summed E-state index contributed by atoms with van der Waals surface area (Å²) in [7, 11) is -0.683. The van der Waals surface area contributed by atoms with Gasteiger partial charge in [-0.3, -0.25) is 0 Å². The summed E-state index contributed by atoms with van der Waals surface area (Å²) in [6.45, 7) is 0.203. The third-order valence-electron chi connectivity index (χ3n) is 3.43. The van der Waals surface area contributed by atoms with Gasteiger partial charge in [-0.1, -0.05) is 18.2 Å². The van der Waals surface area contributed by atoms with E-state index in [0.29, 0.717) is 6.42 Å². The lowest BCUT2D eigenvalue weighted by Gasteiger charge is -2.07. The molecule has 0 unspecified atom stereocenters. The van der Waals surface area contributed by atoms with E-state index >= 15 is 0 Å². The number of ether oxygens (including phenoxy) is 2. The minimum Gasteiger partial charge on any atom is -0.497 e. The Morgan fingerprint density at radius 1 is 1.12 bits per heavy atom. The lowest BCUT2D eigenvalue weighted by atomic mass is 10.1. The normalized spacial score (nSPS) is 11.1. The first-order chi connectivity index (χ1) is 11.5. The average molecular weight is 349 g/mol. The molecule has 2 aromatic carbocycles. The number of sulfonamides is 1. The SMILES string of the molecule is CNS(=O)(=O)c1cccc(C(=O)OCCc2ccc(OC)cc2)c1. The Balaban J connectivity index is 1.96. The second kappa shape index (κ2) is 7.94. The molecular weight excluding hydrogens is 330 g/mol. The molecule has 1 N–H and O–H groups in total. The van der Waals surface area contributed by atoms with E-state index in [0.717, 1.165) is 11.3 Å². The quantitative estimate of drug-likeness (QED) is 0.773. The summed E-state index contributed by atoms with van der Waals surface area (Å²) >= 11 is 0. The van der Waals surface area contributed by atoms with E-state index in [2.05, 4.69) is 4.72 Å². The van der Waals surface area contributed by atoms with Gasteiger partial charge in [-0.05, 0) is 42.9 Å². The van der Waals surface area contributed by atoms with E-state index in [-0.39, 0.29) is 17.1 Å². The number of nitrogens with one attached hydrogen (secondary N) is 1. The van der Waals surface area contributed by atoms with Crippen LogP contribution in [0.15, 0.2) is 53.4 Å². The minimum atomic E-state index is -3.59. The van der Waals surface area contributed by atoms with Crippen molar-refractivity contribution in [3.05, 3.63) is 59.7 Å². The second-order valence-electron chi connectivity index (χ2n) is 4.97. The smallest absolute Gasteiger partial charge is 0.338 e. The van der Waals surface area contributed by atoms with Gasteiger partial charge in [0, 0.05) is 6.42 Å². The van der Waals surface area contributed by atoms with Crippen LogP contribution in [0.2, 0.25) is 0 Å². The van der Waals surface area contributed by atoms with Crippen molar-refractivity contribution in [1.82, 2.24) is 4.72 Å². The first-order valence-corrected chi connectivity index (χ1v) is 8.78. The van der Waals surface area contributed by atoms with Crippen LogP contribution >= 0.6 is 0 Å². The molecule has 0 radical (unpaired) electrons. The third-order valence-corrected chi connectivity index (χ3v) is 4.84. The number of carbonyl (C=O) groups is 1. The molecule has 0 spiro atoms. The minimum absolute atomic E-state index is 0.0228. The Labute approximate surface area is 141 Å². The van der Waals surface area contributed by atoms with Gasteiger partial charge in [-0.15, -0.1) is 0 Å². The zero-order valence-corrected chi connectivity index (χ0v) is 14.3. The summed E-state index contributed by atoms with van der Waals surface area (Å²) in [5.41, 5.74) is 1.20. The van der Waals surface area contributed by atoms with Gasteiger partial charge in [0.2, 0.25) is 10.0 Å². The van der Waals surface area contributed by atoms with Crippen LogP contribution in [0.5, 0.6) is 5.75 Å². The van der Waals surface area contributed by atoms with Crippen LogP contribution in [0.1, 0.15) is 15.9 Å². The second-order valence-corrected chi connectivity index (χ2v) is 6.86. The first kappa shape index (κ1) is 18.0. The molecule has 0 aliphatic heterocycles. The molecule has 0 aliphatic rings. The van der Waals surface area contributed by atoms with Crippen LogP contribution < -0.4 is 9.46 Å². The van der Waals surface area contributed by atoms with Crippen molar-refractivity contribution in [2.45, 2.75) is 11.3 Å². The molecule has 24 heavy (non-hydrogen) atoms. The lowest BCUT2D eigenvalue weighted by molar-refractivity contribution is 0.0509. The topological polar surface area (TPSA) is 81.7 Å². The molecule has 0 aliphatic carbocycles. The molecule has 0 aromatic heterocycles. The molecule has 0 saturated carbocycles. The number of methoxy groups -OCH3 is 1. The Kier molecular flexibility index (Phi) is 5.94. The van der Waals surface area contributed by atoms with Crippen molar-refractivity contribution in [3.8, 4) is 5.75 Å². The van der Waals surface area contributed by atoms with Gasteiger partial charge < -0.3 is 9.47 Å². The van der Waals surface area contributed by atoms with Crippen molar-refractivity contribution in [2.24, 2.45) is 0 Å².